The normalized spacial score (nSPS) is 15.7. The minimum Gasteiger partial charge on any atom is -0.299 e. The van der Waals surface area contributed by atoms with Crippen LogP contribution in [0.1, 0.15) is 41.1 Å². The molecule has 5 rings (SSSR count). The molecule has 1 N–H and O–H groups in total. The second-order valence-electron chi connectivity index (χ2n) is 8.72. The predicted molar refractivity (Wildman–Crippen MR) is 125 cm³/mol. The number of fused-ring (bicyclic) bond motifs is 1. The molecule has 0 amide bonds. The molecular weight excluding hydrogens is 366 g/mol. The summed E-state index contributed by atoms with van der Waals surface area (Å²) >= 11 is 0. The van der Waals surface area contributed by atoms with E-state index in [1.54, 1.807) is 0 Å². The molecule has 3 heteroatoms. The van der Waals surface area contributed by atoms with Crippen molar-refractivity contribution in [3.05, 3.63) is 89.1 Å². The third kappa shape index (κ3) is 3.78. The van der Waals surface area contributed by atoms with Crippen molar-refractivity contribution in [3.63, 3.8) is 0 Å². The van der Waals surface area contributed by atoms with Gasteiger partial charge in [0.15, 0.2) is 0 Å². The Hall–Kier alpha value is -2.91. The topological polar surface area (TPSA) is 31.9 Å². The number of aromatic amines is 1. The number of aryl methyl sites for hydroxylation is 2. The maximum atomic E-state index is 4.68. The molecule has 3 aromatic carbocycles. The fraction of sp³-hybridized carbons (Fsp3) is 0.296. The quantitative estimate of drug-likeness (QED) is 0.444. The van der Waals surface area contributed by atoms with Gasteiger partial charge in [0, 0.05) is 23.7 Å². The van der Waals surface area contributed by atoms with Crippen molar-refractivity contribution < 1.29 is 0 Å². The molecule has 0 saturated carbocycles. The van der Waals surface area contributed by atoms with Gasteiger partial charge in [0.05, 0.1) is 5.69 Å². The van der Waals surface area contributed by atoms with Crippen molar-refractivity contribution in [2.24, 2.45) is 0 Å². The summed E-state index contributed by atoms with van der Waals surface area (Å²) < 4.78 is 0. The predicted octanol–water partition coefficient (Wildman–Crippen LogP) is 6.23. The van der Waals surface area contributed by atoms with Crippen LogP contribution in [0.5, 0.6) is 0 Å². The second-order valence-corrected chi connectivity index (χ2v) is 8.72. The summed E-state index contributed by atoms with van der Waals surface area (Å²) in [6, 6.07) is 24.1. The highest BCUT2D eigenvalue weighted by atomic mass is 15.1. The molecule has 0 aliphatic carbocycles. The summed E-state index contributed by atoms with van der Waals surface area (Å²) in [4.78, 5) is 2.60. The molecule has 0 unspecified atom stereocenters. The van der Waals surface area contributed by atoms with Gasteiger partial charge in [-0.1, -0.05) is 66.2 Å². The first-order chi connectivity index (χ1) is 14.7. The average Bonchev–Trinajstić information content (AvgIpc) is 3.26. The van der Waals surface area contributed by atoms with Crippen molar-refractivity contribution in [3.8, 4) is 11.3 Å². The van der Waals surface area contributed by atoms with Gasteiger partial charge in [0.2, 0.25) is 0 Å². The van der Waals surface area contributed by atoms with Crippen LogP contribution in [0.3, 0.4) is 0 Å². The van der Waals surface area contributed by atoms with E-state index in [4.69, 9.17) is 0 Å². The number of hydrogen-bond donors (Lipinski definition) is 1. The summed E-state index contributed by atoms with van der Waals surface area (Å²) in [7, 11) is 0. The van der Waals surface area contributed by atoms with Gasteiger partial charge in [0.1, 0.15) is 0 Å². The maximum Gasteiger partial charge on any atom is 0.0929 e. The number of likely N-dealkylation sites (tertiary alicyclic amines) is 1. The van der Waals surface area contributed by atoms with E-state index >= 15 is 0 Å². The molecule has 3 nitrogen and oxygen atoms in total. The summed E-state index contributed by atoms with van der Waals surface area (Å²) in [5.74, 6) is 0.566. The third-order valence-corrected chi connectivity index (χ3v) is 6.59. The molecule has 1 saturated heterocycles. The zero-order chi connectivity index (χ0) is 20.5. The van der Waals surface area contributed by atoms with E-state index in [1.165, 1.54) is 51.6 Å². The number of rotatable bonds is 4. The fourth-order valence-corrected chi connectivity index (χ4v) is 4.75. The van der Waals surface area contributed by atoms with E-state index in [-0.39, 0.29) is 0 Å². The molecule has 1 aliphatic heterocycles. The first kappa shape index (κ1) is 19.1. The molecule has 1 fully saturated rings. The number of piperidine rings is 1. The van der Waals surface area contributed by atoms with Crippen LogP contribution in [0.2, 0.25) is 0 Å². The molecule has 0 bridgehead atoms. The highest BCUT2D eigenvalue weighted by molar-refractivity contribution is 5.95. The van der Waals surface area contributed by atoms with E-state index in [0.29, 0.717) is 5.92 Å². The lowest BCUT2D eigenvalue weighted by atomic mass is 9.92. The van der Waals surface area contributed by atoms with E-state index < -0.39 is 0 Å². The second kappa shape index (κ2) is 8.08. The Morgan fingerprint density at radius 1 is 0.933 bits per heavy atom. The maximum absolute atomic E-state index is 4.68. The van der Waals surface area contributed by atoms with Crippen LogP contribution < -0.4 is 0 Å². The standard InChI is InChI=1S/C27H29N3/c1-19-10-11-20(2)23(16-19)18-30-14-12-22(13-15-30)26-17-27(29-28-26)25-9-5-7-21-6-3-4-8-24(21)25/h3-11,16-17,22H,12-15,18H2,1-2H3,(H,28,29). The number of nitrogens with one attached hydrogen (secondary N) is 1. The molecule has 4 aromatic rings. The van der Waals surface area contributed by atoms with Crippen molar-refractivity contribution in [2.75, 3.05) is 13.1 Å². The van der Waals surface area contributed by atoms with E-state index in [1.807, 2.05) is 0 Å². The molecule has 1 aromatic heterocycles. The molecular formula is C27H29N3. The van der Waals surface area contributed by atoms with Gasteiger partial charge in [0.25, 0.3) is 0 Å². The molecule has 0 radical (unpaired) electrons. The van der Waals surface area contributed by atoms with E-state index in [0.717, 1.165) is 25.3 Å². The van der Waals surface area contributed by atoms with Crippen LogP contribution in [-0.4, -0.2) is 28.2 Å². The van der Waals surface area contributed by atoms with Gasteiger partial charge < -0.3 is 0 Å². The van der Waals surface area contributed by atoms with Gasteiger partial charge >= 0.3 is 0 Å². The Bertz CT molecular complexity index is 1160. The van der Waals surface area contributed by atoms with Gasteiger partial charge in [-0.2, -0.15) is 5.10 Å². The smallest absolute Gasteiger partial charge is 0.0929 e. The highest BCUT2D eigenvalue weighted by Gasteiger charge is 2.23. The highest BCUT2D eigenvalue weighted by Crippen LogP contribution is 2.32. The third-order valence-electron chi connectivity index (χ3n) is 6.59. The summed E-state index contributed by atoms with van der Waals surface area (Å²) in [5.41, 5.74) is 7.76. The minimum absolute atomic E-state index is 0.566. The van der Waals surface area contributed by atoms with Gasteiger partial charge in [-0.25, -0.2) is 0 Å². The molecule has 30 heavy (non-hydrogen) atoms. The summed E-state index contributed by atoms with van der Waals surface area (Å²) in [5, 5.41) is 10.6. The first-order valence-corrected chi connectivity index (χ1v) is 11.0. The molecule has 0 spiro atoms. The first-order valence-electron chi connectivity index (χ1n) is 11.0. The monoisotopic (exact) mass is 395 g/mol. The molecule has 0 atom stereocenters. The van der Waals surface area contributed by atoms with Crippen LogP contribution >= 0.6 is 0 Å². The van der Waals surface area contributed by atoms with Crippen LogP contribution in [0.25, 0.3) is 22.0 Å². The van der Waals surface area contributed by atoms with E-state index in [2.05, 4.69) is 95.7 Å². The van der Waals surface area contributed by atoms with Crippen molar-refractivity contribution in [1.29, 1.82) is 0 Å². The number of benzene rings is 3. The van der Waals surface area contributed by atoms with Crippen molar-refractivity contribution in [2.45, 2.75) is 39.2 Å². The average molecular weight is 396 g/mol. The van der Waals surface area contributed by atoms with Crippen molar-refractivity contribution in [1.82, 2.24) is 15.1 Å². The zero-order valence-corrected chi connectivity index (χ0v) is 17.9. The summed E-state index contributed by atoms with van der Waals surface area (Å²) in [6.45, 7) is 7.74. The molecule has 2 heterocycles. The Morgan fingerprint density at radius 2 is 1.73 bits per heavy atom. The van der Waals surface area contributed by atoms with Gasteiger partial charge in [-0.3, -0.25) is 10.00 Å². The number of nitrogens with zero attached hydrogens (tertiary/aromatic N) is 2. The lowest BCUT2D eigenvalue weighted by molar-refractivity contribution is 0.203. The molecule has 1 aliphatic rings. The number of H-pyrrole nitrogens is 1. The lowest BCUT2D eigenvalue weighted by Crippen LogP contribution is -2.32. The SMILES string of the molecule is Cc1ccc(C)c(CN2CCC(c3cc(-c4cccc5ccccc45)n[nH]3)CC2)c1. The number of aromatic nitrogens is 2. The Labute approximate surface area is 178 Å². The van der Waals surface area contributed by atoms with Crippen LogP contribution in [0, 0.1) is 13.8 Å². The van der Waals surface area contributed by atoms with Crippen LogP contribution in [-0.2, 0) is 6.54 Å². The Morgan fingerprint density at radius 3 is 2.60 bits per heavy atom. The van der Waals surface area contributed by atoms with Crippen molar-refractivity contribution >= 4 is 10.8 Å². The zero-order valence-electron chi connectivity index (χ0n) is 17.9. The Balaban J connectivity index is 1.28. The Kier molecular flexibility index (Phi) is 5.14. The lowest BCUT2D eigenvalue weighted by Gasteiger charge is -2.31. The molecule has 152 valence electrons. The van der Waals surface area contributed by atoms with Crippen LogP contribution in [0.4, 0.5) is 0 Å². The summed E-state index contributed by atoms with van der Waals surface area (Å²) in [6.07, 6.45) is 2.37. The van der Waals surface area contributed by atoms with E-state index in [9.17, 15) is 0 Å². The number of hydrogen-bond acceptors (Lipinski definition) is 2. The fourth-order valence-electron chi connectivity index (χ4n) is 4.75. The van der Waals surface area contributed by atoms with Crippen LogP contribution in [0.15, 0.2) is 66.7 Å². The van der Waals surface area contributed by atoms with Gasteiger partial charge in [-0.05, 0) is 67.7 Å². The largest absolute Gasteiger partial charge is 0.299 e. The minimum atomic E-state index is 0.566. The van der Waals surface area contributed by atoms with Gasteiger partial charge in [-0.15, -0.1) is 0 Å².